The quantitative estimate of drug-likeness (QED) is 0.402. The number of hydrogen-bond acceptors (Lipinski definition) is 5. The van der Waals surface area contributed by atoms with Gasteiger partial charge >= 0.3 is 5.97 Å². The van der Waals surface area contributed by atoms with Gasteiger partial charge in [-0.1, -0.05) is 60.2 Å². The third-order valence-electron chi connectivity index (χ3n) is 6.19. The zero-order valence-corrected chi connectivity index (χ0v) is 19.1. The van der Waals surface area contributed by atoms with E-state index in [1.54, 1.807) is 0 Å². The molecule has 5 rings (SSSR count). The predicted molar refractivity (Wildman–Crippen MR) is 130 cm³/mol. The molecule has 1 aliphatic rings. The largest absolute Gasteiger partial charge is 0.466 e. The number of fused-ring (bicyclic) bond motifs is 1. The maximum absolute atomic E-state index is 12.5. The second-order valence-electron chi connectivity index (χ2n) is 8.57. The summed E-state index contributed by atoms with van der Waals surface area (Å²) >= 11 is 0. The zero-order valence-electron chi connectivity index (χ0n) is 19.1. The fraction of sp³-hybridized carbons (Fsp3) is 0.296. The number of nitrogens with zero attached hydrogens (tertiary/aromatic N) is 4. The fourth-order valence-corrected chi connectivity index (χ4v) is 4.44. The molecule has 1 atom stereocenters. The highest BCUT2D eigenvalue weighted by molar-refractivity contribution is 5.75. The van der Waals surface area contributed by atoms with E-state index in [9.17, 15) is 4.79 Å². The van der Waals surface area contributed by atoms with Gasteiger partial charge in [0.2, 0.25) is 0 Å². The maximum atomic E-state index is 12.5. The first kappa shape index (κ1) is 21.2. The van der Waals surface area contributed by atoms with Crippen LogP contribution < -0.4 is 4.90 Å². The van der Waals surface area contributed by atoms with E-state index < -0.39 is 0 Å². The molecule has 2 aromatic heterocycles. The molecule has 0 saturated carbocycles. The van der Waals surface area contributed by atoms with Crippen LogP contribution in [0.25, 0.3) is 28.2 Å². The van der Waals surface area contributed by atoms with E-state index >= 15 is 0 Å². The van der Waals surface area contributed by atoms with E-state index in [0.29, 0.717) is 13.2 Å². The Morgan fingerprint density at radius 1 is 1.03 bits per heavy atom. The highest BCUT2D eigenvalue weighted by Crippen LogP contribution is 2.30. The summed E-state index contributed by atoms with van der Waals surface area (Å²) in [7, 11) is 0. The summed E-state index contributed by atoms with van der Waals surface area (Å²) in [5.41, 5.74) is 5.89. The van der Waals surface area contributed by atoms with Crippen molar-refractivity contribution >= 4 is 17.4 Å². The van der Waals surface area contributed by atoms with Crippen LogP contribution in [0, 0.1) is 12.8 Å². The minimum absolute atomic E-state index is 0.114. The second-order valence-corrected chi connectivity index (χ2v) is 8.57. The van der Waals surface area contributed by atoms with Crippen LogP contribution in [0.5, 0.6) is 0 Å². The standard InChI is InChI=1S/C27H28N4O2/c1-3-33-27(32)22-10-7-15-30(18-22)26-17-23(20-8-5-4-6-9-20)28-25-16-24(29-31(25)26)21-13-11-19(2)12-14-21/h4-6,8-9,11-14,16-17,22H,3,7,10,15,18H2,1-2H3. The number of piperidine rings is 1. The maximum Gasteiger partial charge on any atom is 0.310 e. The first-order valence-corrected chi connectivity index (χ1v) is 11.6. The summed E-state index contributed by atoms with van der Waals surface area (Å²) in [5.74, 6) is 0.706. The summed E-state index contributed by atoms with van der Waals surface area (Å²) in [6.07, 6.45) is 1.78. The van der Waals surface area contributed by atoms with Crippen LogP contribution in [0.3, 0.4) is 0 Å². The minimum atomic E-state index is -0.130. The van der Waals surface area contributed by atoms with Crippen LogP contribution in [0.2, 0.25) is 0 Å². The summed E-state index contributed by atoms with van der Waals surface area (Å²) in [4.78, 5) is 19.6. The first-order chi connectivity index (χ1) is 16.1. The topological polar surface area (TPSA) is 59.7 Å². The van der Waals surface area contributed by atoms with Gasteiger partial charge in [-0.05, 0) is 26.7 Å². The molecule has 1 aliphatic heterocycles. The highest BCUT2D eigenvalue weighted by atomic mass is 16.5. The highest BCUT2D eigenvalue weighted by Gasteiger charge is 2.29. The van der Waals surface area contributed by atoms with Gasteiger partial charge < -0.3 is 9.64 Å². The second kappa shape index (κ2) is 9.06. The molecule has 1 saturated heterocycles. The molecule has 0 bridgehead atoms. The number of ether oxygens (including phenoxy) is 1. The van der Waals surface area contributed by atoms with Crippen molar-refractivity contribution in [3.8, 4) is 22.5 Å². The lowest BCUT2D eigenvalue weighted by Crippen LogP contribution is -2.40. The number of esters is 1. The van der Waals surface area contributed by atoms with Gasteiger partial charge in [0.1, 0.15) is 5.82 Å². The Bertz CT molecular complexity index is 1260. The van der Waals surface area contributed by atoms with Gasteiger partial charge in [-0.15, -0.1) is 0 Å². The van der Waals surface area contributed by atoms with Crippen LogP contribution in [0.4, 0.5) is 5.82 Å². The van der Waals surface area contributed by atoms with Gasteiger partial charge in [0, 0.05) is 36.3 Å². The Kier molecular flexibility index (Phi) is 5.82. The van der Waals surface area contributed by atoms with Crippen LogP contribution in [0.15, 0.2) is 66.7 Å². The van der Waals surface area contributed by atoms with Crippen LogP contribution in [-0.2, 0) is 9.53 Å². The van der Waals surface area contributed by atoms with Crippen molar-refractivity contribution in [2.24, 2.45) is 5.92 Å². The summed E-state index contributed by atoms with van der Waals surface area (Å²) < 4.78 is 7.23. The smallest absolute Gasteiger partial charge is 0.310 e. The molecular formula is C27H28N4O2. The first-order valence-electron chi connectivity index (χ1n) is 11.6. The van der Waals surface area contributed by atoms with Crippen molar-refractivity contribution in [2.75, 3.05) is 24.6 Å². The van der Waals surface area contributed by atoms with Crippen molar-refractivity contribution in [1.82, 2.24) is 14.6 Å². The molecule has 6 nitrogen and oxygen atoms in total. The Balaban J connectivity index is 1.60. The summed E-state index contributed by atoms with van der Waals surface area (Å²) in [6.45, 7) is 5.82. The van der Waals surface area contributed by atoms with E-state index in [2.05, 4.69) is 54.3 Å². The van der Waals surface area contributed by atoms with Crippen LogP contribution in [-0.4, -0.2) is 40.3 Å². The number of aryl methyl sites for hydroxylation is 1. The number of benzene rings is 2. The lowest BCUT2D eigenvalue weighted by atomic mass is 9.98. The Morgan fingerprint density at radius 2 is 1.79 bits per heavy atom. The molecule has 4 aromatic rings. The van der Waals surface area contributed by atoms with Gasteiger partial charge in [0.25, 0.3) is 0 Å². The molecule has 2 aromatic carbocycles. The number of anilines is 1. The van der Waals surface area contributed by atoms with Gasteiger partial charge in [0.05, 0.1) is 23.9 Å². The van der Waals surface area contributed by atoms with E-state index in [4.69, 9.17) is 14.8 Å². The SMILES string of the molecule is CCOC(=O)C1CCCN(c2cc(-c3ccccc3)nc3cc(-c4ccc(C)cc4)nn23)C1. The average molecular weight is 441 g/mol. The Hall–Kier alpha value is -3.67. The third kappa shape index (κ3) is 4.33. The lowest BCUT2D eigenvalue weighted by Gasteiger charge is -2.33. The monoisotopic (exact) mass is 440 g/mol. The molecule has 0 amide bonds. The van der Waals surface area contributed by atoms with Crippen molar-refractivity contribution in [3.05, 3.63) is 72.3 Å². The molecule has 168 valence electrons. The van der Waals surface area contributed by atoms with Crippen LogP contribution in [0.1, 0.15) is 25.3 Å². The number of rotatable bonds is 5. The van der Waals surface area contributed by atoms with E-state index in [1.807, 2.05) is 35.7 Å². The van der Waals surface area contributed by atoms with Crippen molar-refractivity contribution < 1.29 is 9.53 Å². The number of carbonyl (C=O) groups is 1. The molecular weight excluding hydrogens is 412 g/mol. The normalized spacial score (nSPS) is 16.2. The van der Waals surface area contributed by atoms with E-state index in [1.165, 1.54) is 5.56 Å². The van der Waals surface area contributed by atoms with E-state index in [-0.39, 0.29) is 11.9 Å². The zero-order chi connectivity index (χ0) is 22.8. The van der Waals surface area contributed by atoms with Gasteiger partial charge in [-0.25, -0.2) is 4.98 Å². The van der Waals surface area contributed by atoms with Crippen molar-refractivity contribution in [3.63, 3.8) is 0 Å². The van der Waals surface area contributed by atoms with Crippen molar-refractivity contribution in [2.45, 2.75) is 26.7 Å². The summed E-state index contributed by atoms with van der Waals surface area (Å²) in [5, 5.41) is 4.93. The number of carbonyl (C=O) groups excluding carboxylic acids is 1. The van der Waals surface area contributed by atoms with Gasteiger partial charge in [-0.3, -0.25) is 4.79 Å². The molecule has 6 heteroatoms. The molecule has 1 fully saturated rings. The van der Waals surface area contributed by atoms with Gasteiger partial charge in [0.15, 0.2) is 5.65 Å². The molecule has 0 radical (unpaired) electrons. The third-order valence-corrected chi connectivity index (χ3v) is 6.19. The number of aromatic nitrogens is 3. The van der Waals surface area contributed by atoms with E-state index in [0.717, 1.165) is 53.4 Å². The molecule has 0 aliphatic carbocycles. The van der Waals surface area contributed by atoms with Gasteiger partial charge in [-0.2, -0.15) is 9.61 Å². The Morgan fingerprint density at radius 3 is 2.55 bits per heavy atom. The van der Waals surface area contributed by atoms with Crippen LogP contribution >= 0.6 is 0 Å². The average Bonchev–Trinajstić information content (AvgIpc) is 3.29. The lowest BCUT2D eigenvalue weighted by molar-refractivity contribution is -0.148. The molecule has 0 N–H and O–H groups in total. The predicted octanol–water partition coefficient (Wildman–Crippen LogP) is 5.15. The van der Waals surface area contributed by atoms with Crippen molar-refractivity contribution in [1.29, 1.82) is 0 Å². The molecule has 33 heavy (non-hydrogen) atoms. The summed E-state index contributed by atoms with van der Waals surface area (Å²) in [6, 6.07) is 22.7. The number of hydrogen-bond donors (Lipinski definition) is 0. The minimum Gasteiger partial charge on any atom is -0.466 e. The molecule has 3 heterocycles. The fourth-order valence-electron chi connectivity index (χ4n) is 4.44. The Labute approximate surface area is 193 Å². The molecule has 1 unspecified atom stereocenters. The molecule has 0 spiro atoms.